The van der Waals surface area contributed by atoms with Gasteiger partial charge in [-0.3, -0.25) is 4.79 Å². The van der Waals surface area contributed by atoms with Crippen molar-refractivity contribution in [2.45, 2.75) is 27.7 Å². The van der Waals surface area contributed by atoms with E-state index >= 15 is 0 Å². The SMILES string of the molecule is CCOc1cc2[nH]c(C)c(C)c(=O)c2cc1OCC. The van der Waals surface area contributed by atoms with Crippen LogP contribution in [0.3, 0.4) is 0 Å². The van der Waals surface area contributed by atoms with E-state index in [-0.39, 0.29) is 5.43 Å². The molecular weight excluding hydrogens is 242 g/mol. The fourth-order valence-electron chi connectivity index (χ4n) is 2.06. The molecule has 19 heavy (non-hydrogen) atoms. The molecule has 0 spiro atoms. The molecule has 4 heteroatoms. The van der Waals surface area contributed by atoms with E-state index in [0.717, 1.165) is 16.8 Å². The van der Waals surface area contributed by atoms with Crippen LogP contribution < -0.4 is 14.9 Å². The first-order chi connectivity index (χ1) is 9.08. The maximum atomic E-state index is 12.3. The van der Waals surface area contributed by atoms with Crippen molar-refractivity contribution in [1.82, 2.24) is 4.98 Å². The van der Waals surface area contributed by atoms with Gasteiger partial charge in [-0.15, -0.1) is 0 Å². The lowest BCUT2D eigenvalue weighted by molar-refractivity contribution is 0.288. The van der Waals surface area contributed by atoms with Crippen molar-refractivity contribution in [3.8, 4) is 11.5 Å². The van der Waals surface area contributed by atoms with Crippen molar-refractivity contribution in [1.29, 1.82) is 0 Å². The molecule has 0 atom stereocenters. The summed E-state index contributed by atoms with van der Waals surface area (Å²) in [5.74, 6) is 1.28. The minimum absolute atomic E-state index is 0.0373. The number of hydrogen-bond acceptors (Lipinski definition) is 3. The summed E-state index contributed by atoms with van der Waals surface area (Å²) in [4.78, 5) is 15.5. The van der Waals surface area contributed by atoms with Crippen LogP contribution in [-0.4, -0.2) is 18.2 Å². The Hall–Kier alpha value is -1.97. The molecular formula is C15H19NO3. The molecule has 0 saturated carbocycles. The minimum atomic E-state index is 0.0373. The van der Waals surface area contributed by atoms with Gasteiger partial charge >= 0.3 is 0 Å². The molecule has 102 valence electrons. The molecule has 1 aromatic heterocycles. The molecule has 0 unspecified atom stereocenters. The largest absolute Gasteiger partial charge is 0.490 e. The van der Waals surface area contributed by atoms with Crippen molar-refractivity contribution in [2.24, 2.45) is 0 Å². The van der Waals surface area contributed by atoms with Crippen molar-refractivity contribution < 1.29 is 9.47 Å². The van der Waals surface area contributed by atoms with Crippen molar-refractivity contribution in [3.05, 3.63) is 33.6 Å². The highest BCUT2D eigenvalue weighted by atomic mass is 16.5. The highest BCUT2D eigenvalue weighted by Gasteiger charge is 2.12. The number of fused-ring (bicyclic) bond motifs is 1. The molecule has 2 rings (SSSR count). The summed E-state index contributed by atoms with van der Waals surface area (Å²) in [7, 11) is 0. The molecule has 0 fully saturated rings. The monoisotopic (exact) mass is 261 g/mol. The average Bonchev–Trinajstić information content (AvgIpc) is 2.38. The smallest absolute Gasteiger partial charge is 0.192 e. The number of hydrogen-bond donors (Lipinski definition) is 1. The zero-order valence-corrected chi connectivity index (χ0v) is 11.8. The molecule has 1 aromatic carbocycles. The first-order valence-corrected chi connectivity index (χ1v) is 6.51. The summed E-state index contributed by atoms with van der Waals surface area (Å²) in [6.07, 6.45) is 0. The third kappa shape index (κ3) is 2.43. The van der Waals surface area contributed by atoms with Gasteiger partial charge in [0, 0.05) is 22.7 Å². The van der Waals surface area contributed by atoms with Crippen LogP contribution in [-0.2, 0) is 0 Å². The summed E-state index contributed by atoms with van der Waals surface area (Å²) in [5.41, 5.74) is 2.43. The van der Waals surface area contributed by atoms with E-state index in [9.17, 15) is 4.79 Å². The Morgan fingerprint density at radius 3 is 2.21 bits per heavy atom. The number of pyridine rings is 1. The zero-order valence-electron chi connectivity index (χ0n) is 11.8. The summed E-state index contributed by atoms with van der Waals surface area (Å²) in [5, 5.41) is 0.634. The van der Waals surface area contributed by atoms with E-state index in [0.29, 0.717) is 30.1 Å². The summed E-state index contributed by atoms with van der Waals surface area (Å²) >= 11 is 0. The Labute approximate surface area is 112 Å². The lowest BCUT2D eigenvalue weighted by Gasteiger charge is -2.13. The topological polar surface area (TPSA) is 51.3 Å². The quantitative estimate of drug-likeness (QED) is 0.920. The van der Waals surface area contributed by atoms with Crippen molar-refractivity contribution in [3.63, 3.8) is 0 Å². The second kappa shape index (κ2) is 5.34. The molecule has 1 N–H and O–H groups in total. The highest BCUT2D eigenvalue weighted by molar-refractivity contribution is 5.83. The molecule has 0 bridgehead atoms. The molecule has 0 aliphatic carbocycles. The maximum absolute atomic E-state index is 12.3. The molecule has 1 heterocycles. The minimum Gasteiger partial charge on any atom is -0.490 e. The zero-order chi connectivity index (χ0) is 14.0. The van der Waals surface area contributed by atoms with Crippen LogP contribution in [0.15, 0.2) is 16.9 Å². The number of H-pyrrole nitrogens is 1. The maximum Gasteiger partial charge on any atom is 0.192 e. The van der Waals surface area contributed by atoms with Gasteiger partial charge in [0.2, 0.25) is 0 Å². The Balaban J connectivity index is 2.73. The number of aryl methyl sites for hydroxylation is 1. The predicted molar refractivity (Wildman–Crippen MR) is 76.4 cm³/mol. The van der Waals surface area contributed by atoms with Gasteiger partial charge in [-0.1, -0.05) is 0 Å². The second-order valence-electron chi connectivity index (χ2n) is 4.41. The van der Waals surface area contributed by atoms with E-state index < -0.39 is 0 Å². The normalized spacial score (nSPS) is 10.7. The number of nitrogens with one attached hydrogen (secondary N) is 1. The molecule has 0 aliphatic rings. The summed E-state index contributed by atoms with van der Waals surface area (Å²) < 4.78 is 11.1. The Kier molecular flexibility index (Phi) is 3.79. The van der Waals surface area contributed by atoms with E-state index in [1.54, 1.807) is 6.07 Å². The number of benzene rings is 1. The van der Waals surface area contributed by atoms with Gasteiger partial charge in [0.05, 0.1) is 18.7 Å². The Bertz CT molecular complexity index is 658. The highest BCUT2D eigenvalue weighted by Crippen LogP contribution is 2.31. The lowest BCUT2D eigenvalue weighted by Crippen LogP contribution is -2.10. The van der Waals surface area contributed by atoms with Gasteiger partial charge in [-0.05, 0) is 33.8 Å². The van der Waals surface area contributed by atoms with Crippen molar-refractivity contribution >= 4 is 10.9 Å². The first-order valence-electron chi connectivity index (χ1n) is 6.51. The molecule has 0 radical (unpaired) electrons. The first kappa shape index (κ1) is 13.5. The van der Waals surface area contributed by atoms with Crippen LogP contribution in [0.2, 0.25) is 0 Å². The predicted octanol–water partition coefficient (Wildman–Crippen LogP) is 2.94. The van der Waals surface area contributed by atoms with Gasteiger partial charge < -0.3 is 14.5 Å². The van der Waals surface area contributed by atoms with Gasteiger partial charge in [-0.2, -0.15) is 0 Å². The Morgan fingerprint density at radius 1 is 1.05 bits per heavy atom. The van der Waals surface area contributed by atoms with Crippen LogP contribution in [0, 0.1) is 13.8 Å². The van der Waals surface area contributed by atoms with Crippen LogP contribution in [0.25, 0.3) is 10.9 Å². The van der Waals surface area contributed by atoms with Crippen LogP contribution in [0.1, 0.15) is 25.1 Å². The third-order valence-corrected chi connectivity index (χ3v) is 3.15. The molecule has 4 nitrogen and oxygen atoms in total. The lowest BCUT2D eigenvalue weighted by atomic mass is 10.1. The number of rotatable bonds is 4. The molecule has 0 aliphatic heterocycles. The van der Waals surface area contributed by atoms with Crippen LogP contribution in [0.4, 0.5) is 0 Å². The van der Waals surface area contributed by atoms with E-state index in [1.807, 2.05) is 33.8 Å². The Morgan fingerprint density at radius 2 is 1.63 bits per heavy atom. The summed E-state index contributed by atoms with van der Waals surface area (Å²) in [6.45, 7) is 8.64. The van der Waals surface area contributed by atoms with E-state index in [4.69, 9.17) is 9.47 Å². The fraction of sp³-hybridized carbons (Fsp3) is 0.400. The van der Waals surface area contributed by atoms with Gasteiger partial charge in [0.25, 0.3) is 0 Å². The number of aromatic amines is 1. The van der Waals surface area contributed by atoms with E-state index in [1.165, 1.54) is 0 Å². The number of aromatic nitrogens is 1. The molecule has 2 aromatic rings. The van der Waals surface area contributed by atoms with Gasteiger partial charge in [0.15, 0.2) is 16.9 Å². The molecule has 0 amide bonds. The van der Waals surface area contributed by atoms with Gasteiger partial charge in [-0.25, -0.2) is 0 Å². The number of ether oxygens (including phenoxy) is 2. The van der Waals surface area contributed by atoms with Crippen LogP contribution in [0.5, 0.6) is 11.5 Å². The second-order valence-corrected chi connectivity index (χ2v) is 4.41. The third-order valence-electron chi connectivity index (χ3n) is 3.15. The van der Waals surface area contributed by atoms with Gasteiger partial charge in [0.1, 0.15) is 0 Å². The average molecular weight is 261 g/mol. The van der Waals surface area contributed by atoms with Crippen LogP contribution >= 0.6 is 0 Å². The van der Waals surface area contributed by atoms with E-state index in [2.05, 4.69) is 4.98 Å². The molecule has 0 saturated heterocycles. The summed E-state index contributed by atoms with van der Waals surface area (Å²) in [6, 6.07) is 3.59. The fourth-order valence-corrected chi connectivity index (χ4v) is 2.06. The van der Waals surface area contributed by atoms with Crippen molar-refractivity contribution in [2.75, 3.05) is 13.2 Å². The standard InChI is InChI=1S/C15H19NO3/c1-5-18-13-7-11-12(8-14(13)19-6-2)16-10(4)9(3)15(11)17/h7-8H,5-6H2,1-4H3,(H,16,17).